The van der Waals surface area contributed by atoms with E-state index in [2.05, 4.69) is 21.1 Å². The Kier molecular flexibility index (Phi) is 5.05. The van der Waals surface area contributed by atoms with E-state index in [1.165, 1.54) is 32.1 Å². The van der Waals surface area contributed by atoms with E-state index in [0.29, 0.717) is 18.1 Å². The van der Waals surface area contributed by atoms with Crippen LogP contribution < -0.4 is 0 Å². The summed E-state index contributed by atoms with van der Waals surface area (Å²) < 4.78 is 0.911. The first-order valence-corrected chi connectivity index (χ1v) is 7.19. The van der Waals surface area contributed by atoms with Crippen LogP contribution in [-0.2, 0) is 4.84 Å². The smallest absolute Gasteiger partial charge is 0.124 e. The van der Waals surface area contributed by atoms with Gasteiger partial charge in [-0.2, -0.15) is 0 Å². The summed E-state index contributed by atoms with van der Waals surface area (Å²) >= 11 is 3.35. The first kappa shape index (κ1) is 13.4. The molecule has 0 heterocycles. The van der Waals surface area contributed by atoms with Crippen LogP contribution in [0.25, 0.3) is 0 Å². The molecule has 0 bridgehead atoms. The highest BCUT2D eigenvalue weighted by Gasteiger charge is 2.13. The van der Waals surface area contributed by atoms with Crippen LogP contribution in [0.1, 0.15) is 37.7 Å². The van der Waals surface area contributed by atoms with Crippen molar-refractivity contribution in [2.75, 3.05) is 6.61 Å². The molecule has 18 heavy (non-hydrogen) atoms. The normalized spacial score (nSPS) is 17.2. The van der Waals surface area contributed by atoms with Gasteiger partial charge in [-0.05, 0) is 37.0 Å². The number of phenols is 1. The van der Waals surface area contributed by atoms with Crippen LogP contribution >= 0.6 is 15.9 Å². The molecule has 0 atom stereocenters. The monoisotopic (exact) mass is 311 g/mol. The maximum Gasteiger partial charge on any atom is 0.124 e. The molecular formula is C14H18BrNO2. The Morgan fingerprint density at radius 3 is 2.89 bits per heavy atom. The molecule has 1 aromatic carbocycles. The number of rotatable bonds is 4. The Morgan fingerprint density at radius 2 is 2.11 bits per heavy atom. The van der Waals surface area contributed by atoms with Gasteiger partial charge >= 0.3 is 0 Å². The molecule has 3 nitrogen and oxygen atoms in total. The van der Waals surface area contributed by atoms with E-state index in [1.54, 1.807) is 18.3 Å². The van der Waals surface area contributed by atoms with Gasteiger partial charge in [0.15, 0.2) is 0 Å². The third-order valence-corrected chi connectivity index (χ3v) is 3.78. The highest BCUT2D eigenvalue weighted by molar-refractivity contribution is 9.10. The lowest BCUT2D eigenvalue weighted by Crippen LogP contribution is -2.11. The van der Waals surface area contributed by atoms with Crippen molar-refractivity contribution in [3.63, 3.8) is 0 Å². The summed E-state index contributed by atoms with van der Waals surface area (Å²) in [6.45, 7) is 0.686. The van der Waals surface area contributed by atoms with E-state index in [-0.39, 0.29) is 5.75 Å². The Labute approximate surface area is 116 Å². The summed E-state index contributed by atoms with van der Waals surface area (Å²) in [5.41, 5.74) is 0.660. The van der Waals surface area contributed by atoms with Crippen molar-refractivity contribution in [3.05, 3.63) is 28.2 Å². The minimum atomic E-state index is 0.211. The second-order valence-electron chi connectivity index (χ2n) is 4.74. The van der Waals surface area contributed by atoms with Crippen LogP contribution in [0.4, 0.5) is 0 Å². The van der Waals surface area contributed by atoms with E-state index in [0.717, 1.165) is 4.47 Å². The van der Waals surface area contributed by atoms with E-state index < -0.39 is 0 Å². The quantitative estimate of drug-likeness (QED) is 0.672. The summed E-state index contributed by atoms with van der Waals surface area (Å²) in [4.78, 5) is 5.31. The molecular weight excluding hydrogens is 294 g/mol. The van der Waals surface area contributed by atoms with Gasteiger partial charge in [0.05, 0.1) is 6.21 Å². The average molecular weight is 312 g/mol. The molecule has 4 heteroatoms. The van der Waals surface area contributed by atoms with Crippen LogP contribution in [0.5, 0.6) is 5.75 Å². The van der Waals surface area contributed by atoms with Gasteiger partial charge in [0.2, 0.25) is 0 Å². The summed E-state index contributed by atoms with van der Waals surface area (Å²) in [6.07, 6.45) is 8.03. The van der Waals surface area contributed by atoms with E-state index >= 15 is 0 Å². The van der Waals surface area contributed by atoms with Crippen molar-refractivity contribution in [3.8, 4) is 5.75 Å². The molecule has 1 N–H and O–H groups in total. The number of nitrogens with zero attached hydrogens (tertiary/aromatic N) is 1. The highest BCUT2D eigenvalue weighted by Crippen LogP contribution is 2.24. The van der Waals surface area contributed by atoms with Gasteiger partial charge < -0.3 is 9.94 Å². The number of benzene rings is 1. The van der Waals surface area contributed by atoms with Crippen LogP contribution in [0, 0.1) is 5.92 Å². The maximum atomic E-state index is 9.62. The first-order valence-electron chi connectivity index (χ1n) is 6.39. The predicted octanol–water partition coefficient (Wildman–Crippen LogP) is 4.09. The van der Waals surface area contributed by atoms with Gasteiger partial charge in [0.25, 0.3) is 0 Å². The molecule has 0 unspecified atom stereocenters. The molecule has 0 aromatic heterocycles. The number of hydrogen-bond donors (Lipinski definition) is 1. The molecule has 0 amide bonds. The molecule has 1 aromatic rings. The lowest BCUT2D eigenvalue weighted by atomic mass is 9.90. The van der Waals surface area contributed by atoms with Crippen LogP contribution in [-0.4, -0.2) is 17.9 Å². The molecule has 0 radical (unpaired) electrons. The second-order valence-corrected chi connectivity index (χ2v) is 5.65. The molecule has 0 saturated heterocycles. The molecule has 1 aliphatic carbocycles. The molecule has 98 valence electrons. The molecule has 1 aliphatic rings. The van der Waals surface area contributed by atoms with Gasteiger partial charge in [-0.1, -0.05) is 40.3 Å². The summed E-state index contributed by atoms with van der Waals surface area (Å²) in [6, 6.07) is 5.23. The minimum Gasteiger partial charge on any atom is -0.507 e. The maximum absolute atomic E-state index is 9.62. The summed E-state index contributed by atoms with van der Waals surface area (Å²) in [7, 11) is 0. The standard InChI is InChI=1S/C14H18BrNO2/c15-13-6-7-14(17)12(8-13)9-16-18-10-11-4-2-1-3-5-11/h6-9,11,17H,1-5,10H2/b16-9+. The van der Waals surface area contributed by atoms with Crippen molar-refractivity contribution in [2.45, 2.75) is 32.1 Å². The molecule has 1 saturated carbocycles. The summed E-state index contributed by atoms with van der Waals surface area (Å²) in [5.74, 6) is 0.857. The van der Waals surface area contributed by atoms with Crippen LogP contribution in [0.15, 0.2) is 27.8 Å². The first-order chi connectivity index (χ1) is 8.75. The predicted molar refractivity (Wildman–Crippen MR) is 75.9 cm³/mol. The lowest BCUT2D eigenvalue weighted by molar-refractivity contribution is 0.0928. The van der Waals surface area contributed by atoms with Crippen LogP contribution in [0.2, 0.25) is 0 Å². The van der Waals surface area contributed by atoms with Crippen molar-refractivity contribution >= 4 is 22.1 Å². The van der Waals surface area contributed by atoms with Gasteiger partial charge in [0.1, 0.15) is 12.4 Å². The molecule has 0 aliphatic heterocycles. The topological polar surface area (TPSA) is 41.8 Å². The minimum absolute atomic E-state index is 0.211. The lowest BCUT2D eigenvalue weighted by Gasteiger charge is -2.19. The van der Waals surface area contributed by atoms with Gasteiger partial charge in [-0.3, -0.25) is 0 Å². The van der Waals surface area contributed by atoms with Crippen LogP contribution in [0.3, 0.4) is 0 Å². The number of hydrogen-bond acceptors (Lipinski definition) is 3. The highest BCUT2D eigenvalue weighted by atomic mass is 79.9. The third-order valence-electron chi connectivity index (χ3n) is 3.29. The molecule has 2 rings (SSSR count). The fourth-order valence-electron chi connectivity index (χ4n) is 2.23. The molecule has 1 fully saturated rings. The fraction of sp³-hybridized carbons (Fsp3) is 0.500. The van der Waals surface area contributed by atoms with Crippen molar-refractivity contribution < 1.29 is 9.94 Å². The van der Waals surface area contributed by atoms with Gasteiger partial charge in [-0.25, -0.2) is 0 Å². The van der Waals surface area contributed by atoms with E-state index in [4.69, 9.17) is 4.84 Å². The Bertz CT molecular complexity index is 414. The zero-order chi connectivity index (χ0) is 12.8. The van der Waals surface area contributed by atoms with Crippen molar-refractivity contribution in [1.82, 2.24) is 0 Å². The second kappa shape index (κ2) is 6.78. The fourth-order valence-corrected chi connectivity index (χ4v) is 2.60. The zero-order valence-corrected chi connectivity index (χ0v) is 11.9. The third kappa shape index (κ3) is 4.02. The van der Waals surface area contributed by atoms with Crippen molar-refractivity contribution in [2.24, 2.45) is 11.1 Å². The zero-order valence-electron chi connectivity index (χ0n) is 10.3. The Morgan fingerprint density at radius 1 is 1.33 bits per heavy atom. The average Bonchev–Trinajstić information content (AvgIpc) is 2.40. The van der Waals surface area contributed by atoms with E-state index in [1.807, 2.05) is 6.07 Å². The molecule has 0 spiro atoms. The number of halogens is 1. The Balaban J connectivity index is 1.81. The largest absolute Gasteiger partial charge is 0.507 e. The Hall–Kier alpha value is -1.03. The van der Waals surface area contributed by atoms with Gasteiger partial charge in [0, 0.05) is 10.0 Å². The summed E-state index contributed by atoms with van der Waals surface area (Å²) in [5, 5.41) is 13.5. The van der Waals surface area contributed by atoms with Gasteiger partial charge in [-0.15, -0.1) is 0 Å². The number of oxime groups is 1. The number of phenolic OH excluding ortho intramolecular Hbond substituents is 1. The van der Waals surface area contributed by atoms with Crippen molar-refractivity contribution in [1.29, 1.82) is 0 Å². The number of aromatic hydroxyl groups is 1. The van der Waals surface area contributed by atoms with E-state index in [9.17, 15) is 5.11 Å². The SMILES string of the molecule is Oc1ccc(Br)cc1/C=N/OCC1CCCCC1.